The highest BCUT2D eigenvalue weighted by Crippen LogP contribution is 2.34. The van der Waals surface area contributed by atoms with Crippen LogP contribution >= 0.6 is 0 Å². The van der Waals surface area contributed by atoms with Crippen molar-refractivity contribution in [1.29, 1.82) is 0 Å². The second kappa shape index (κ2) is 7.98. The second-order valence-corrected chi connectivity index (χ2v) is 7.49. The van der Waals surface area contributed by atoms with Crippen molar-refractivity contribution in [2.75, 3.05) is 36.0 Å². The molecule has 6 heteroatoms. The van der Waals surface area contributed by atoms with Crippen LogP contribution in [0.2, 0.25) is 0 Å². The third kappa shape index (κ3) is 3.64. The molecule has 0 aromatic carbocycles. The summed E-state index contributed by atoms with van der Waals surface area (Å²) in [4.78, 5) is 22.4. The van der Waals surface area contributed by atoms with E-state index in [1.165, 1.54) is 30.6 Å². The Labute approximate surface area is 155 Å². The van der Waals surface area contributed by atoms with Crippen molar-refractivity contribution in [3.05, 3.63) is 36.5 Å². The minimum absolute atomic E-state index is 0.776. The van der Waals surface area contributed by atoms with Crippen molar-refractivity contribution in [3.63, 3.8) is 0 Å². The summed E-state index contributed by atoms with van der Waals surface area (Å²) < 4.78 is 0. The van der Waals surface area contributed by atoms with Gasteiger partial charge in [-0.1, -0.05) is 13.3 Å². The summed E-state index contributed by atoms with van der Waals surface area (Å²) >= 11 is 0. The van der Waals surface area contributed by atoms with Crippen molar-refractivity contribution < 1.29 is 0 Å². The molecule has 0 amide bonds. The van der Waals surface area contributed by atoms with Gasteiger partial charge >= 0.3 is 0 Å². The van der Waals surface area contributed by atoms with E-state index in [4.69, 9.17) is 0 Å². The standard InChI is InChI=1S/C20H28N6/c1-2-4-17-13-21-15-24-19(17)26-12-7-18(14-26)16-5-10-25(11-6-16)20-22-8-3-9-23-20/h3,8-9,13,15-16,18H,2,4-7,10-12,14H2,1H3/t18-/m1/s1. The fourth-order valence-corrected chi connectivity index (χ4v) is 4.47. The van der Waals surface area contributed by atoms with Gasteiger partial charge in [0, 0.05) is 50.3 Å². The van der Waals surface area contributed by atoms with Crippen molar-refractivity contribution in [2.24, 2.45) is 11.8 Å². The molecule has 2 fully saturated rings. The quantitative estimate of drug-likeness (QED) is 0.824. The van der Waals surface area contributed by atoms with Crippen molar-refractivity contribution in [3.8, 4) is 0 Å². The van der Waals surface area contributed by atoms with E-state index in [1.807, 2.05) is 24.7 Å². The average Bonchev–Trinajstić information content (AvgIpc) is 3.20. The fraction of sp³-hybridized carbons (Fsp3) is 0.600. The molecule has 4 rings (SSSR count). The van der Waals surface area contributed by atoms with Crippen LogP contribution < -0.4 is 9.80 Å². The lowest BCUT2D eigenvalue weighted by Crippen LogP contribution is -2.37. The monoisotopic (exact) mass is 352 g/mol. The maximum absolute atomic E-state index is 4.60. The van der Waals surface area contributed by atoms with Gasteiger partial charge in [0.1, 0.15) is 12.1 Å². The molecule has 26 heavy (non-hydrogen) atoms. The number of hydrogen-bond donors (Lipinski definition) is 0. The van der Waals surface area contributed by atoms with Crippen LogP contribution in [0.1, 0.15) is 38.2 Å². The lowest BCUT2D eigenvalue weighted by molar-refractivity contribution is 0.292. The summed E-state index contributed by atoms with van der Waals surface area (Å²) in [5.41, 5.74) is 1.30. The molecule has 1 atom stereocenters. The van der Waals surface area contributed by atoms with E-state index in [0.717, 1.165) is 56.8 Å². The summed E-state index contributed by atoms with van der Waals surface area (Å²) in [7, 11) is 0. The Morgan fingerprint density at radius 3 is 2.46 bits per heavy atom. The number of anilines is 2. The number of aryl methyl sites for hydroxylation is 1. The number of rotatable bonds is 5. The zero-order valence-electron chi connectivity index (χ0n) is 15.6. The first kappa shape index (κ1) is 17.2. The van der Waals surface area contributed by atoms with E-state index in [2.05, 4.69) is 36.7 Å². The zero-order chi connectivity index (χ0) is 17.8. The summed E-state index contributed by atoms with van der Waals surface area (Å²) in [5, 5.41) is 0. The SMILES string of the molecule is CCCc1cncnc1N1CC[C@@H](C2CCN(c3ncccn3)CC2)C1. The second-order valence-electron chi connectivity index (χ2n) is 7.49. The Bertz CT molecular complexity index is 698. The molecular weight excluding hydrogens is 324 g/mol. The maximum Gasteiger partial charge on any atom is 0.225 e. The molecule has 2 saturated heterocycles. The Kier molecular flexibility index (Phi) is 5.27. The molecule has 0 radical (unpaired) electrons. The highest BCUT2D eigenvalue weighted by molar-refractivity contribution is 5.46. The van der Waals surface area contributed by atoms with Gasteiger partial charge in [0.25, 0.3) is 0 Å². The minimum Gasteiger partial charge on any atom is -0.356 e. The largest absolute Gasteiger partial charge is 0.356 e. The van der Waals surface area contributed by atoms with E-state index >= 15 is 0 Å². The third-order valence-corrected chi connectivity index (χ3v) is 5.85. The van der Waals surface area contributed by atoms with E-state index in [1.54, 1.807) is 6.33 Å². The molecule has 138 valence electrons. The molecule has 0 N–H and O–H groups in total. The van der Waals surface area contributed by atoms with Crippen LogP contribution in [0.15, 0.2) is 31.0 Å². The number of nitrogens with zero attached hydrogens (tertiary/aromatic N) is 6. The first-order valence-electron chi connectivity index (χ1n) is 9.91. The molecule has 0 spiro atoms. The Morgan fingerprint density at radius 1 is 0.962 bits per heavy atom. The molecule has 0 bridgehead atoms. The van der Waals surface area contributed by atoms with Crippen LogP contribution in [-0.2, 0) is 6.42 Å². The molecule has 2 aliphatic rings. The first-order chi connectivity index (χ1) is 12.8. The molecular formula is C20H28N6. The molecule has 2 aromatic heterocycles. The maximum atomic E-state index is 4.60. The van der Waals surface area contributed by atoms with Crippen molar-refractivity contribution >= 4 is 11.8 Å². The molecule has 2 aliphatic heterocycles. The van der Waals surface area contributed by atoms with Gasteiger partial charge in [0.05, 0.1) is 0 Å². The normalized spacial score (nSPS) is 21.3. The Morgan fingerprint density at radius 2 is 1.69 bits per heavy atom. The van der Waals surface area contributed by atoms with Gasteiger partial charge < -0.3 is 9.80 Å². The number of hydrogen-bond acceptors (Lipinski definition) is 6. The average molecular weight is 352 g/mol. The summed E-state index contributed by atoms with van der Waals surface area (Å²) in [5.74, 6) is 3.62. The van der Waals surface area contributed by atoms with Gasteiger partial charge in [-0.2, -0.15) is 0 Å². The van der Waals surface area contributed by atoms with Gasteiger partial charge in [-0.25, -0.2) is 19.9 Å². The lowest BCUT2D eigenvalue weighted by Gasteiger charge is -2.34. The summed E-state index contributed by atoms with van der Waals surface area (Å²) in [6.07, 6.45) is 13.3. The van der Waals surface area contributed by atoms with Crippen molar-refractivity contribution in [1.82, 2.24) is 19.9 Å². The molecule has 4 heterocycles. The Balaban J connectivity index is 1.35. The molecule has 0 saturated carbocycles. The fourth-order valence-electron chi connectivity index (χ4n) is 4.47. The molecule has 0 unspecified atom stereocenters. The van der Waals surface area contributed by atoms with Crippen LogP contribution in [-0.4, -0.2) is 46.1 Å². The molecule has 2 aromatic rings. The Hall–Kier alpha value is -2.24. The predicted molar refractivity (Wildman–Crippen MR) is 103 cm³/mol. The smallest absolute Gasteiger partial charge is 0.225 e. The van der Waals surface area contributed by atoms with Crippen LogP contribution in [0.25, 0.3) is 0 Å². The lowest BCUT2D eigenvalue weighted by atomic mass is 9.84. The van der Waals surface area contributed by atoms with Gasteiger partial charge in [-0.05, 0) is 43.6 Å². The summed E-state index contributed by atoms with van der Waals surface area (Å²) in [6, 6.07) is 1.88. The first-order valence-corrected chi connectivity index (χ1v) is 9.91. The number of aromatic nitrogens is 4. The van der Waals surface area contributed by atoms with E-state index < -0.39 is 0 Å². The van der Waals surface area contributed by atoms with Crippen LogP contribution in [0.5, 0.6) is 0 Å². The third-order valence-electron chi connectivity index (χ3n) is 5.85. The zero-order valence-corrected chi connectivity index (χ0v) is 15.6. The van der Waals surface area contributed by atoms with Gasteiger partial charge in [-0.3, -0.25) is 0 Å². The van der Waals surface area contributed by atoms with E-state index in [9.17, 15) is 0 Å². The highest BCUT2D eigenvalue weighted by atomic mass is 15.3. The van der Waals surface area contributed by atoms with Crippen molar-refractivity contribution in [2.45, 2.75) is 39.0 Å². The van der Waals surface area contributed by atoms with E-state index in [0.29, 0.717) is 0 Å². The van der Waals surface area contributed by atoms with Crippen LogP contribution in [0.4, 0.5) is 11.8 Å². The van der Waals surface area contributed by atoms with Crippen LogP contribution in [0.3, 0.4) is 0 Å². The molecule has 6 nitrogen and oxygen atoms in total. The van der Waals surface area contributed by atoms with E-state index in [-0.39, 0.29) is 0 Å². The highest BCUT2D eigenvalue weighted by Gasteiger charge is 2.33. The van der Waals surface area contributed by atoms with Gasteiger partial charge in [-0.15, -0.1) is 0 Å². The summed E-state index contributed by atoms with van der Waals surface area (Å²) in [6.45, 7) is 6.62. The van der Waals surface area contributed by atoms with Crippen LogP contribution in [0, 0.1) is 11.8 Å². The number of piperidine rings is 1. The molecule has 0 aliphatic carbocycles. The van der Waals surface area contributed by atoms with Gasteiger partial charge in [0.15, 0.2) is 0 Å². The minimum atomic E-state index is 0.776. The predicted octanol–water partition coefficient (Wildman–Crippen LogP) is 2.96. The van der Waals surface area contributed by atoms with Gasteiger partial charge in [0.2, 0.25) is 5.95 Å². The topological polar surface area (TPSA) is 58.0 Å².